The number of aryl methyl sites for hydroxylation is 1. The van der Waals surface area contributed by atoms with Gasteiger partial charge in [0, 0.05) is 41.4 Å². The summed E-state index contributed by atoms with van der Waals surface area (Å²) in [6.07, 6.45) is 8.85. The van der Waals surface area contributed by atoms with Crippen LogP contribution in [0.4, 0.5) is 18.7 Å². The van der Waals surface area contributed by atoms with Crippen molar-refractivity contribution in [3.05, 3.63) is 58.7 Å². The summed E-state index contributed by atoms with van der Waals surface area (Å²) in [5, 5.41) is 4.01. The molecule has 0 saturated heterocycles. The lowest BCUT2D eigenvalue weighted by atomic mass is 10.1. The van der Waals surface area contributed by atoms with E-state index >= 15 is 0 Å². The molecule has 3 rings (SSSR count). The molecular formula is C23H32F3N5OS. The molecule has 1 unspecified atom stereocenters. The number of hydrogen-bond acceptors (Lipinski definition) is 5. The Morgan fingerprint density at radius 3 is 2.76 bits per heavy atom. The van der Waals surface area contributed by atoms with Gasteiger partial charge in [-0.2, -0.15) is 0 Å². The summed E-state index contributed by atoms with van der Waals surface area (Å²) < 4.78 is 29.6. The van der Waals surface area contributed by atoms with Gasteiger partial charge in [0.15, 0.2) is 5.13 Å². The fraction of sp³-hybridized carbons (Fsp3) is 0.391. The SMILES string of the molecule is C/C=C\C/C(C)=C\C(C)CF.Cn1c(=O)[nH]c2ccc(-c3cnc(NCCN)s3)cc21.FF. The van der Waals surface area contributed by atoms with E-state index in [1.54, 1.807) is 23.0 Å². The molecule has 2 aromatic heterocycles. The van der Waals surface area contributed by atoms with Crippen molar-refractivity contribution in [3.63, 3.8) is 0 Å². The van der Waals surface area contributed by atoms with Crippen LogP contribution in [-0.4, -0.2) is 34.3 Å². The number of alkyl halides is 1. The summed E-state index contributed by atoms with van der Waals surface area (Å²) in [5.41, 5.74) is 9.37. The number of halogens is 3. The van der Waals surface area contributed by atoms with E-state index in [1.807, 2.05) is 57.3 Å². The Morgan fingerprint density at radius 2 is 2.12 bits per heavy atom. The summed E-state index contributed by atoms with van der Waals surface area (Å²) in [5.74, 6) is 0.0697. The molecule has 0 amide bonds. The van der Waals surface area contributed by atoms with Crippen LogP contribution in [0.15, 0.2) is 53.0 Å². The number of thiazole rings is 1. The number of aromatic amines is 1. The number of anilines is 1. The lowest BCUT2D eigenvalue weighted by molar-refractivity contribution is 0.108. The van der Waals surface area contributed by atoms with Gasteiger partial charge in [-0.25, -0.2) is 9.78 Å². The number of imidazole rings is 1. The second-order valence-corrected chi connectivity index (χ2v) is 8.41. The van der Waals surface area contributed by atoms with Crippen LogP contribution in [-0.2, 0) is 7.05 Å². The Bertz CT molecular complexity index is 1090. The Hall–Kier alpha value is -2.85. The van der Waals surface area contributed by atoms with E-state index in [0.717, 1.165) is 33.0 Å². The van der Waals surface area contributed by atoms with Gasteiger partial charge in [0.25, 0.3) is 0 Å². The van der Waals surface area contributed by atoms with Crippen LogP contribution in [0.25, 0.3) is 21.5 Å². The average molecular weight is 484 g/mol. The highest BCUT2D eigenvalue weighted by Crippen LogP contribution is 2.30. The molecule has 0 spiro atoms. The van der Waals surface area contributed by atoms with Crippen LogP contribution in [0.2, 0.25) is 0 Å². The van der Waals surface area contributed by atoms with E-state index in [9.17, 15) is 9.18 Å². The molecule has 0 aliphatic carbocycles. The predicted molar refractivity (Wildman–Crippen MR) is 133 cm³/mol. The normalized spacial score (nSPS) is 12.2. The average Bonchev–Trinajstić information content (AvgIpc) is 3.42. The molecule has 0 bridgehead atoms. The third-order valence-electron chi connectivity index (χ3n) is 4.60. The Kier molecular flexibility index (Phi) is 12.9. The fourth-order valence-corrected chi connectivity index (χ4v) is 3.79. The smallest absolute Gasteiger partial charge is 0.326 e. The van der Waals surface area contributed by atoms with Gasteiger partial charge in [0.1, 0.15) is 0 Å². The lowest BCUT2D eigenvalue weighted by Crippen LogP contribution is -2.12. The van der Waals surface area contributed by atoms with E-state index in [4.69, 9.17) is 14.9 Å². The van der Waals surface area contributed by atoms with E-state index < -0.39 is 0 Å². The van der Waals surface area contributed by atoms with Crippen molar-refractivity contribution in [2.75, 3.05) is 25.1 Å². The monoisotopic (exact) mass is 483 g/mol. The zero-order valence-corrected chi connectivity index (χ0v) is 20.2. The minimum atomic E-state index is -0.257. The minimum Gasteiger partial charge on any atom is -0.360 e. The van der Waals surface area contributed by atoms with Crippen molar-refractivity contribution >= 4 is 27.5 Å². The molecule has 4 N–H and O–H groups in total. The Labute approximate surface area is 195 Å². The van der Waals surface area contributed by atoms with Crippen LogP contribution in [0.1, 0.15) is 27.2 Å². The topological polar surface area (TPSA) is 88.7 Å². The highest BCUT2D eigenvalue weighted by atomic mass is 32.1. The first kappa shape index (κ1) is 28.2. The maximum absolute atomic E-state index is 12.0. The third-order valence-corrected chi connectivity index (χ3v) is 5.61. The Morgan fingerprint density at radius 1 is 1.39 bits per heavy atom. The molecule has 1 atom stereocenters. The van der Waals surface area contributed by atoms with E-state index in [-0.39, 0.29) is 18.3 Å². The van der Waals surface area contributed by atoms with Crippen LogP contribution in [0.5, 0.6) is 0 Å². The number of nitrogens with two attached hydrogens (primary N) is 1. The largest absolute Gasteiger partial charge is 0.360 e. The highest BCUT2D eigenvalue weighted by Gasteiger charge is 2.08. The molecule has 10 heteroatoms. The summed E-state index contributed by atoms with van der Waals surface area (Å²) in [4.78, 5) is 19.8. The van der Waals surface area contributed by atoms with E-state index in [2.05, 4.69) is 21.4 Å². The molecule has 6 nitrogen and oxygen atoms in total. The third kappa shape index (κ3) is 8.89. The van der Waals surface area contributed by atoms with Crippen LogP contribution < -0.4 is 16.7 Å². The fourth-order valence-electron chi connectivity index (χ4n) is 2.95. The predicted octanol–water partition coefficient (Wildman–Crippen LogP) is 5.71. The van der Waals surface area contributed by atoms with Gasteiger partial charge < -0.3 is 16.0 Å². The van der Waals surface area contributed by atoms with E-state index in [1.165, 1.54) is 5.57 Å². The number of allylic oxidation sites excluding steroid dienone is 4. The quantitative estimate of drug-likeness (QED) is 0.358. The van der Waals surface area contributed by atoms with Crippen molar-refractivity contribution < 1.29 is 13.5 Å². The van der Waals surface area contributed by atoms with Crippen molar-refractivity contribution in [1.29, 1.82) is 0 Å². The molecule has 0 radical (unpaired) electrons. The highest BCUT2D eigenvalue weighted by molar-refractivity contribution is 7.18. The number of rotatable bonds is 8. The molecule has 0 aliphatic rings. The van der Waals surface area contributed by atoms with Crippen LogP contribution in [0, 0.1) is 5.92 Å². The van der Waals surface area contributed by atoms with Gasteiger partial charge in [-0.15, -0.1) is 0 Å². The van der Waals surface area contributed by atoms with Crippen molar-refractivity contribution in [3.8, 4) is 10.4 Å². The first-order valence-electron chi connectivity index (χ1n) is 10.5. The molecule has 0 fully saturated rings. The van der Waals surface area contributed by atoms with Gasteiger partial charge >= 0.3 is 5.69 Å². The molecule has 0 aliphatic heterocycles. The Balaban J connectivity index is 0.000000360. The van der Waals surface area contributed by atoms with Crippen molar-refractivity contribution in [1.82, 2.24) is 14.5 Å². The maximum Gasteiger partial charge on any atom is 0.326 e. The van der Waals surface area contributed by atoms with E-state index in [0.29, 0.717) is 13.1 Å². The number of benzene rings is 1. The van der Waals surface area contributed by atoms with Crippen molar-refractivity contribution in [2.45, 2.75) is 27.2 Å². The molecule has 1 aromatic carbocycles. The summed E-state index contributed by atoms with van der Waals surface area (Å²) in [6.45, 7) is 6.94. The number of H-pyrrole nitrogens is 1. The van der Waals surface area contributed by atoms with Gasteiger partial charge in [-0.05, 0) is 38.0 Å². The second kappa shape index (κ2) is 15.1. The molecule has 3 aromatic rings. The van der Waals surface area contributed by atoms with Gasteiger partial charge in [-0.1, -0.05) is 48.1 Å². The number of aromatic nitrogens is 3. The number of nitrogens with zero attached hydrogens (tertiary/aromatic N) is 2. The van der Waals surface area contributed by atoms with Gasteiger partial charge in [-0.3, -0.25) is 8.96 Å². The van der Waals surface area contributed by atoms with Crippen LogP contribution in [0.3, 0.4) is 0 Å². The summed E-state index contributed by atoms with van der Waals surface area (Å²) in [6, 6.07) is 5.89. The zero-order chi connectivity index (χ0) is 24.8. The summed E-state index contributed by atoms with van der Waals surface area (Å²) in [7, 11) is 1.76. The standard InChI is InChI=1S/C13H15N5OS.C10H17F.F2/c1-18-10-6-8(2-3-9(10)17-13(18)19)11-7-16-12(20-11)15-5-4-14;1-4-5-6-9(2)7-10(3)8-11;1-2/h2-3,6-7H,4-5,14H2,1H3,(H,15,16)(H,17,19);4-5,7,10H,6,8H2,1-3H3;/b;5-4-,9-7-;. The molecule has 33 heavy (non-hydrogen) atoms. The summed E-state index contributed by atoms with van der Waals surface area (Å²) >= 11 is 1.57. The van der Waals surface area contributed by atoms with Crippen molar-refractivity contribution in [2.24, 2.45) is 18.7 Å². The minimum absolute atomic E-state index is 0.0697. The number of hydrogen-bond donors (Lipinski definition) is 3. The number of fused-ring (bicyclic) bond motifs is 1. The second-order valence-electron chi connectivity index (χ2n) is 7.38. The first-order valence-corrected chi connectivity index (χ1v) is 11.3. The first-order chi connectivity index (χ1) is 15.9. The van der Waals surface area contributed by atoms with Crippen LogP contribution >= 0.6 is 11.3 Å². The molecule has 0 saturated carbocycles. The number of nitrogens with one attached hydrogen (secondary N) is 2. The maximum atomic E-state index is 12.0. The molecule has 2 heterocycles. The molecule has 182 valence electrons. The molecular weight excluding hydrogens is 451 g/mol. The lowest BCUT2D eigenvalue weighted by Gasteiger charge is -2.00. The zero-order valence-electron chi connectivity index (χ0n) is 19.4. The van der Waals surface area contributed by atoms with Gasteiger partial charge in [0.05, 0.1) is 22.6 Å². The van der Waals surface area contributed by atoms with Gasteiger partial charge in [0.2, 0.25) is 0 Å².